The molecular weight excluding hydrogens is 364 g/mol. The minimum atomic E-state index is -0.179. The van der Waals surface area contributed by atoms with Crippen LogP contribution >= 0.6 is 0 Å². The van der Waals surface area contributed by atoms with Crippen LogP contribution in [0.5, 0.6) is 0 Å². The Hall–Kier alpha value is -1.06. The fourth-order valence-corrected chi connectivity index (χ4v) is 6.61. The van der Waals surface area contributed by atoms with E-state index in [1.54, 1.807) is 0 Å². The van der Waals surface area contributed by atoms with E-state index in [0.717, 1.165) is 37.0 Å². The first-order valence-electron chi connectivity index (χ1n) is 12.3. The van der Waals surface area contributed by atoms with E-state index in [2.05, 4.69) is 13.8 Å². The first kappa shape index (κ1) is 22.6. The van der Waals surface area contributed by atoms with E-state index in [9.17, 15) is 9.59 Å². The van der Waals surface area contributed by atoms with Crippen LogP contribution in [-0.4, -0.2) is 25.2 Å². The van der Waals surface area contributed by atoms with Gasteiger partial charge in [0.25, 0.3) is 0 Å². The highest BCUT2D eigenvalue weighted by molar-refractivity contribution is 5.72. The molecule has 166 valence electrons. The number of carbonyl (C=O) groups is 2. The van der Waals surface area contributed by atoms with Gasteiger partial charge in [0.1, 0.15) is 0 Å². The summed E-state index contributed by atoms with van der Waals surface area (Å²) in [7, 11) is 0. The van der Waals surface area contributed by atoms with Crippen LogP contribution in [0.2, 0.25) is 0 Å². The molecule has 0 aromatic carbocycles. The van der Waals surface area contributed by atoms with Crippen LogP contribution in [0.25, 0.3) is 0 Å². The van der Waals surface area contributed by atoms with E-state index in [4.69, 9.17) is 9.47 Å². The number of carbonyl (C=O) groups excluding carboxylic acids is 2. The summed E-state index contributed by atoms with van der Waals surface area (Å²) in [6, 6.07) is 0. The Kier molecular flexibility index (Phi) is 8.44. The van der Waals surface area contributed by atoms with Gasteiger partial charge in [0.2, 0.25) is 0 Å². The third-order valence-electron chi connectivity index (χ3n) is 7.85. The molecule has 0 heterocycles. The summed E-state index contributed by atoms with van der Waals surface area (Å²) in [5.41, 5.74) is 0.465. The molecule has 0 amide bonds. The van der Waals surface area contributed by atoms with Crippen molar-refractivity contribution < 1.29 is 19.1 Å². The second kappa shape index (κ2) is 10.8. The molecular formula is C25H42O4. The monoisotopic (exact) mass is 406 g/mol. The molecule has 0 saturated heterocycles. The number of rotatable bonds is 13. The summed E-state index contributed by atoms with van der Waals surface area (Å²) in [4.78, 5) is 24.0. The lowest BCUT2D eigenvalue weighted by molar-refractivity contribution is -0.147. The molecule has 1 atom stereocenters. The van der Waals surface area contributed by atoms with E-state index in [1.807, 2.05) is 0 Å². The van der Waals surface area contributed by atoms with Gasteiger partial charge in [0.05, 0.1) is 13.2 Å². The van der Waals surface area contributed by atoms with Crippen LogP contribution in [0.1, 0.15) is 104 Å². The van der Waals surface area contributed by atoms with Gasteiger partial charge in [0, 0.05) is 12.8 Å². The molecule has 0 aromatic rings. The predicted molar refractivity (Wildman–Crippen MR) is 114 cm³/mol. The number of ether oxygens (including phenoxy) is 2. The Morgan fingerprint density at radius 3 is 2.03 bits per heavy atom. The number of hydrogen-bond donors (Lipinski definition) is 0. The highest BCUT2D eigenvalue weighted by Gasteiger charge is 2.50. The van der Waals surface area contributed by atoms with Crippen molar-refractivity contribution in [1.82, 2.24) is 0 Å². The molecule has 0 spiro atoms. The lowest BCUT2D eigenvalue weighted by Gasteiger charge is -2.57. The summed E-state index contributed by atoms with van der Waals surface area (Å²) in [5.74, 6) is 2.96. The maximum absolute atomic E-state index is 12.1. The van der Waals surface area contributed by atoms with E-state index in [1.165, 1.54) is 51.4 Å². The van der Waals surface area contributed by atoms with Gasteiger partial charge < -0.3 is 9.47 Å². The molecule has 0 aliphatic heterocycles. The fraction of sp³-hybridized carbons (Fsp3) is 0.920. The first-order chi connectivity index (χ1) is 14.0. The summed E-state index contributed by atoms with van der Waals surface area (Å²) < 4.78 is 10.9. The van der Waals surface area contributed by atoms with E-state index >= 15 is 0 Å². The average Bonchev–Trinajstić information content (AvgIpc) is 2.67. The zero-order chi connectivity index (χ0) is 20.7. The van der Waals surface area contributed by atoms with Gasteiger partial charge >= 0.3 is 11.9 Å². The van der Waals surface area contributed by atoms with Crippen molar-refractivity contribution in [3.05, 3.63) is 0 Å². The van der Waals surface area contributed by atoms with Gasteiger partial charge in [-0.2, -0.15) is 0 Å². The van der Waals surface area contributed by atoms with Crippen LogP contribution in [0.4, 0.5) is 0 Å². The number of unbranched alkanes of at least 4 members (excludes halogenated alkanes) is 1. The van der Waals surface area contributed by atoms with Crippen LogP contribution in [0.15, 0.2) is 0 Å². The smallest absolute Gasteiger partial charge is 0.305 e. The Morgan fingerprint density at radius 2 is 1.48 bits per heavy atom. The Morgan fingerprint density at radius 1 is 0.897 bits per heavy atom. The molecule has 4 bridgehead atoms. The van der Waals surface area contributed by atoms with Crippen molar-refractivity contribution in [3.8, 4) is 0 Å². The molecule has 4 heteroatoms. The van der Waals surface area contributed by atoms with Gasteiger partial charge in [-0.25, -0.2) is 0 Å². The van der Waals surface area contributed by atoms with Gasteiger partial charge in [-0.05, 0) is 86.9 Å². The van der Waals surface area contributed by atoms with Gasteiger partial charge in [-0.15, -0.1) is 0 Å². The summed E-state index contributed by atoms with van der Waals surface area (Å²) in [5, 5.41) is 0. The van der Waals surface area contributed by atoms with Crippen LogP contribution in [0.3, 0.4) is 0 Å². The van der Waals surface area contributed by atoms with Crippen LogP contribution in [0, 0.1) is 29.1 Å². The van der Waals surface area contributed by atoms with E-state index < -0.39 is 0 Å². The van der Waals surface area contributed by atoms with Crippen molar-refractivity contribution in [2.24, 2.45) is 29.1 Å². The third-order valence-corrected chi connectivity index (χ3v) is 7.85. The largest absolute Gasteiger partial charge is 0.466 e. The maximum Gasteiger partial charge on any atom is 0.305 e. The van der Waals surface area contributed by atoms with Crippen LogP contribution in [-0.2, 0) is 19.1 Å². The Bertz CT molecular complexity index is 506. The average molecular weight is 407 g/mol. The molecule has 0 aromatic heterocycles. The van der Waals surface area contributed by atoms with Crippen molar-refractivity contribution in [2.45, 2.75) is 104 Å². The fourth-order valence-electron chi connectivity index (χ4n) is 6.61. The van der Waals surface area contributed by atoms with Gasteiger partial charge in [-0.3, -0.25) is 9.59 Å². The SMILES string of the molecule is CCCCC(CC)COC(=O)CCCC(=O)OCCC12CC3CC(CC(C3)C1)C2. The molecule has 4 aliphatic rings. The van der Waals surface area contributed by atoms with Crippen molar-refractivity contribution in [3.63, 3.8) is 0 Å². The Labute approximate surface area is 177 Å². The number of esters is 2. The quantitative estimate of drug-likeness (QED) is 0.349. The number of hydrogen-bond acceptors (Lipinski definition) is 4. The summed E-state index contributed by atoms with van der Waals surface area (Å²) in [6.07, 6.45) is 15.2. The lowest BCUT2D eigenvalue weighted by atomic mass is 9.49. The molecule has 4 nitrogen and oxygen atoms in total. The molecule has 0 radical (unpaired) electrons. The minimum absolute atomic E-state index is 0.156. The van der Waals surface area contributed by atoms with E-state index in [0.29, 0.717) is 43.8 Å². The Balaban J connectivity index is 1.24. The second-order valence-electron chi connectivity index (χ2n) is 10.3. The zero-order valence-electron chi connectivity index (χ0n) is 18.8. The third kappa shape index (κ3) is 6.72. The highest BCUT2D eigenvalue weighted by atomic mass is 16.5. The topological polar surface area (TPSA) is 52.6 Å². The maximum atomic E-state index is 12.1. The highest BCUT2D eigenvalue weighted by Crippen LogP contribution is 2.61. The lowest BCUT2D eigenvalue weighted by Crippen LogP contribution is -2.46. The van der Waals surface area contributed by atoms with E-state index in [-0.39, 0.29) is 11.9 Å². The normalized spacial score (nSPS) is 30.9. The molecule has 4 saturated carbocycles. The zero-order valence-corrected chi connectivity index (χ0v) is 18.8. The molecule has 29 heavy (non-hydrogen) atoms. The first-order valence-corrected chi connectivity index (χ1v) is 12.3. The summed E-state index contributed by atoms with van der Waals surface area (Å²) in [6.45, 7) is 5.41. The second-order valence-corrected chi connectivity index (χ2v) is 10.3. The van der Waals surface area contributed by atoms with Crippen molar-refractivity contribution in [1.29, 1.82) is 0 Å². The minimum Gasteiger partial charge on any atom is -0.466 e. The molecule has 1 unspecified atom stereocenters. The predicted octanol–water partition coefficient (Wildman–Crippen LogP) is 6.07. The summed E-state index contributed by atoms with van der Waals surface area (Å²) >= 11 is 0. The molecule has 0 N–H and O–H groups in total. The molecule has 4 fully saturated rings. The molecule has 4 rings (SSSR count). The molecule has 4 aliphatic carbocycles. The van der Waals surface area contributed by atoms with Crippen LogP contribution < -0.4 is 0 Å². The van der Waals surface area contributed by atoms with Crippen molar-refractivity contribution >= 4 is 11.9 Å². The standard InChI is InChI=1S/C25H42O4/c1-3-5-7-19(4-2)18-29-24(27)9-6-8-23(26)28-11-10-25-15-20-12-21(16-25)14-22(13-20)17-25/h19-22H,3-18H2,1-2H3. The van der Waals surface area contributed by atoms with Crippen molar-refractivity contribution in [2.75, 3.05) is 13.2 Å². The van der Waals surface area contributed by atoms with Gasteiger partial charge in [-0.1, -0.05) is 33.1 Å². The van der Waals surface area contributed by atoms with Gasteiger partial charge in [0.15, 0.2) is 0 Å².